The average Bonchev–Trinajstić information content (AvgIpc) is 3.13. The molecule has 6 nitrogen and oxygen atoms in total. The van der Waals surface area contributed by atoms with Crippen LogP contribution < -0.4 is 20.1 Å². The number of ether oxygens (including phenoxy) is 2. The predicted molar refractivity (Wildman–Crippen MR) is 109 cm³/mol. The van der Waals surface area contributed by atoms with Gasteiger partial charge in [-0.05, 0) is 55.5 Å². The molecule has 142 valence electrons. The Balaban J connectivity index is 1.96. The van der Waals surface area contributed by atoms with Crippen molar-refractivity contribution >= 4 is 5.82 Å². The van der Waals surface area contributed by atoms with E-state index in [1.807, 2.05) is 79.1 Å². The molecule has 0 aliphatic heterocycles. The zero-order valence-electron chi connectivity index (χ0n) is 16.1. The molecule has 1 aromatic heterocycles. The number of hydrogen-bond acceptors (Lipinski definition) is 5. The Hall–Kier alpha value is -2.99. The van der Waals surface area contributed by atoms with E-state index in [-0.39, 0.29) is 0 Å². The Morgan fingerprint density at radius 1 is 0.963 bits per heavy atom. The lowest BCUT2D eigenvalue weighted by atomic mass is 10.1. The third-order valence-corrected chi connectivity index (χ3v) is 4.08. The number of benzene rings is 2. The molecule has 3 rings (SSSR count). The first-order valence-electron chi connectivity index (χ1n) is 9.06. The van der Waals surface area contributed by atoms with Crippen LogP contribution in [0.25, 0.3) is 16.9 Å². The summed E-state index contributed by atoms with van der Waals surface area (Å²) < 4.78 is 13.1. The highest BCUT2D eigenvalue weighted by atomic mass is 16.5. The molecule has 6 heteroatoms. The van der Waals surface area contributed by atoms with Gasteiger partial charge >= 0.3 is 0 Å². The number of rotatable bonds is 8. The molecule has 2 N–H and O–H groups in total. The summed E-state index contributed by atoms with van der Waals surface area (Å²) >= 11 is 0. The zero-order chi connectivity index (χ0) is 19.2. The van der Waals surface area contributed by atoms with Gasteiger partial charge in [-0.3, -0.25) is 0 Å². The van der Waals surface area contributed by atoms with Gasteiger partial charge in [-0.2, -0.15) is 0 Å². The Kier molecular flexibility index (Phi) is 5.98. The molecule has 0 saturated heterocycles. The number of nitrogens with two attached hydrogens (primary N) is 1. The van der Waals surface area contributed by atoms with Gasteiger partial charge in [-0.25, -0.2) is 4.68 Å². The quantitative estimate of drug-likeness (QED) is 0.662. The molecule has 1 heterocycles. The monoisotopic (exact) mass is 366 g/mol. The van der Waals surface area contributed by atoms with Crippen molar-refractivity contribution in [3.8, 4) is 28.4 Å². The first-order chi connectivity index (χ1) is 13.1. The molecule has 0 atom stereocenters. The third kappa shape index (κ3) is 4.41. The van der Waals surface area contributed by atoms with Gasteiger partial charge in [0.15, 0.2) is 5.82 Å². The van der Waals surface area contributed by atoms with Gasteiger partial charge in [0.05, 0.1) is 18.0 Å². The van der Waals surface area contributed by atoms with E-state index in [1.165, 1.54) is 0 Å². The van der Waals surface area contributed by atoms with Crippen molar-refractivity contribution in [2.75, 3.05) is 38.8 Å². The first kappa shape index (κ1) is 18.8. The van der Waals surface area contributed by atoms with E-state index < -0.39 is 0 Å². The number of nitrogens with zero attached hydrogens (tertiary/aromatic N) is 3. The summed E-state index contributed by atoms with van der Waals surface area (Å²) in [5, 5.41) is 4.76. The van der Waals surface area contributed by atoms with Crippen LogP contribution in [-0.2, 0) is 0 Å². The molecular weight excluding hydrogens is 340 g/mol. The van der Waals surface area contributed by atoms with E-state index in [2.05, 4.69) is 6.07 Å². The van der Waals surface area contributed by atoms with Crippen LogP contribution in [0, 0.1) is 0 Å². The second kappa shape index (κ2) is 8.60. The van der Waals surface area contributed by atoms with Crippen molar-refractivity contribution in [1.82, 2.24) is 9.78 Å². The minimum atomic E-state index is 0.498. The average molecular weight is 366 g/mol. The van der Waals surface area contributed by atoms with Crippen molar-refractivity contribution in [2.24, 2.45) is 5.73 Å². The van der Waals surface area contributed by atoms with Crippen LogP contribution in [0.1, 0.15) is 6.92 Å². The van der Waals surface area contributed by atoms with Crippen molar-refractivity contribution in [3.63, 3.8) is 0 Å². The molecular formula is C21H26N4O2. The molecule has 3 aromatic rings. The van der Waals surface area contributed by atoms with Crippen molar-refractivity contribution in [3.05, 3.63) is 54.6 Å². The number of aromatic nitrogens is 2. The van der Waals surface area contributed by atoms with Gasteiger partial charge in [-0.15, -0.1) is 5.10 Å². The van der Waals surface area contributed by atoms with Crippen molar-refractivity contribution < 1.29 is 9.47 Å². The molecule has 0 fully saturated rings. The standard InChI is InChI=1S/C21H26N4O2/c1-4-26-18-11-7-17(8-12-18)25-20(15-21(23-25)24(2)3)16-5-9-19(10-6-16)27-14-13-22/h5-12,15H,4,13-14,22H2,1-3H3. The zero-order valence-corrected chi connectivity index (χ0v) is 16.1. The minimum absolute atomic E-state index is 0.498. The second-order valence-corrected chi connectivity index (χ2v) is 6.28. The summed E-state index contributed by atoms with van der Waals surface area (Å²) in [6.45, 7) is 3.63. The Bertz CT molecular complexity index is 855. The minimum Gasteiger partial charge on any atom is -0.494 e. The molecule has 0 spiro atoms. The lowest BCUT2D eigenvalue weighted by molar-refractivity contribution is 0.328. The highest BCUT2D eigenvalue weighted by molar-refractivity contribution is 5.67. The summed E-state index contributed by atoms with van der Waals surface area (Å²) in [5.74, 6) is 2.55. The molecule has 0 radical (unpaired) electrons. The normalized spacial score (nSPS) is 10.7. The summed E-state index contributed by atoms with van der Waals surface area (Å²) in [6.07, 6.45) is 0. The van der Waals surface area contributed by atoms with Crippen molar-refractivity contribution in [1.29, 1.82) is 0 Å². The van der Waals surface area contributed by atoms with E-state index in [9.17, 15) is 0 Å². The fraction of sp³-hybridized carbons (Fsp3) is 0.286. The van der Waals surface area contributed by atoms with E-state index >= 15 is 0 Å². The Labute approximate surface area is 160 Å². The van der Waals surface area contributed by atoms with E-state index in [4.69, 9.17) is 20.3 Å². The highest BCUT2D eigenvalue weighted by Gasteiger charge is 2.13. The van der Waals surface area contributed by atoms with Crippen molar-refractivity contribution in [2.45, 2.75) is 6.92 Å². The predicted octanol–water partition coefficient (Wildman–Crippen LogP) is 3.34. The summed E-state index contributed by atoms with van der Waals surface area (Å²) in [7, 11) is 3.97. The van der Waals surface area contributed by atoms with Gasteiger partial charge in [0.1, 0.15) is 18.1 Å². The van der Waals surface area contributed by atoms with Gasteiger partial charge in [-0.1, -0.05) is 0 Å². The Morgan fingerprint density at radius 2 is 1.59 bits per heavy atom. The maximum atomic E-state index is 5.57. The third-order valence-electron chi connectivity index (χ3n) is 4.08. The lowest BCUT2D eigenvalue weighted by Crippen LogP contribution is -2.10. The second-order valence-electron chi connectivity index (χ2n) is 6.28. The van der Waals surface area contributed by atoms with Gasteiger partial charge in [0, 0.05) is 32.3 Å². The molecule has 0 saturated carbocycles. The van der Waals surface area contributed by atoms with Crippen LogP contribution in [0.3, 0.4) is 0 Å². The summed E-state index contributed by atoms with van der Waals surface area (Å²) in [5.41, 5.74) is 8.54. The molecule has 2 aromatic carbocycles. The maximum Gasteiger partial charge on any atom is 0.151 e. The molecule has 0 amide bonds. The largest absolute Gasteiger partial charge is 0.494 e. The number of hydrogen-bond donors (Lipinski definition) is 1. The van der Waals surface area contributed by atoms with Gasteiger partial charge in [0.25, 0.3) is 0 Å². The van der Waals surface area contributed by atoms with Gasteiger partial charge in [0.2, 0.25) is 0 Å². The smallest absolute Gasteiger partial charge is 0.151 e. The van der Waals surface area contributed by atoms with Crippen LogP contribution >= 0.6 is 0 Å². The van der Waals surface area contributed by atoms with E-state index in [1.54, 1.807) is 0 Å². The fourth-order valence-electron chi connectivity index (χ4n) is 2.74. The summed E-state index contributed by atoms with van der Waals surface area (Å²) in [6, 6.07) is 18.0. The fourth-order valence-corrected chi connectivity index (χ4v) is 2.74. The molecule has 0 unspecified atom stereocenters. The molecule has 27 heavy (non-hydrogen) atoms. The van der Waals surface area contributed by atoms with E-state index in [0.717, 1.165) is 34.3 Å². The van der Waals surface area contributed by atoms with E-state index in [0.29, 0.717) is 19.8 Å². The van der Waals surface area contributed by atoms with Crippen LogP contribution in [0.5, 0.6) is 11.5 Å². The van der Waals surface area contributed by atoms with Crippen LogP contribution in [0.15, 0.2) is 54.6 Å². The van der Waals surface area contributed by atoms with Crippen LogP contribution in [-0.4, -0.2) is 43.6 Å². The maximum absolute atomic E-state index is 5.57. The number of anilines is 1. The highest BCUT2D eigenvalue weighted by Crippen LogP contribution is 2.29. The SMILES string of the molecule is CCOc1ccc(-n2nc(N(C)C)cc2-c2ccc(OCCN)cc2)cc1. The lowest BCUT2D eigenvalue weighted by Gasteiger charge is -2.10. The molecule has 0 bridgehead atoms. The summed E-state index contributed by atoms with van der Waals surface area (Å²) in [4.78, 5) is 1.99. The Morgan fingerprint density at radius 3 is 2.19 bits per heavy atom. The molecule has 0 aliphatic rings. The molecule has 0 aliphatic carbocycles. The topological polar surface area (TPSA) is 65.5 Å². The van der Waals surface area contributed by atoms with Gasteiger partial charge < -0.3 is 20.1 Å². The first-order valence-corrected chi connectivity index (χ1v) is 9.06. The van der Waals surface area contributed by atoms with Crippen LogP contribution in [0.2, 0.25) is 0 Å². The van der Waals surface area contributed by atoms with Crippen LogP contribution in [0.4, 0.5) is 5.82 Å².